The van der Waals surface area contributed by atoms with Crippen molar-refractivity contribution in [3.63, 3.8) is 0 Å². The number of piperazine rings is 1. The minimum Gasteiger partial charge on any atom is -0.469 e. The van der Waals surface area contributed by atoms with E-state index in [2.05, 4.69) is 11.8 Å². The van der Waals surface area contributed by atoms with Crippen molar-refractivity contribution < 1.29 is 13.9 Å². The molecule has 0 N–H and O–H groups in total. The van der Waals surface area contributed by atoms with Gasteiger partial charge in [0.25, 0.3) is 0 Å². The van der Waals surface area contributed by atoms with Gasteiger partial charge in [-0.15, -0.1) is 0 Å². The highest BCUT2D eigenvalue weighted by atomic mass is 16.5. The summed E-state index contributed by atoms with van der Waals surface area (Å²) in [6.45, 7) is 7.36. The maximum absolute atomic E-state index is 12.5. The molecule has 1 atom stereocenters. The van der Waals surface area contributed by atoms with Gasteiger partial charge in [-0.3, -0.25) is 9.69 Å². The Kier molecular flexibility index (Phi) is 4.31. The topological polar surface area (TPSA) is 45.9 Å². The van der Waals surface area contributed by atoms with Crippen LogP contribution < -0.4 is 0 Å². The summed E-state index contributed by atoms with van der Waals surface area (Å²) in [5.41, 5.74) is 0.0490. The number of carbonyl (C=O) groups is 1. The molecule has 3 heterocycles. The summed E-state index contributed by atoms with van der Waals surface area (Å²) < 4.78 is 10.9. The number of rotatable bonds is 4. The summed E-state index contributed by atoms with van der Waals surface area (Å²) in [4.78, 5) is 17.0. The molecule has 1 spiro atoms. The van der Waals surface area contributed by atoms with E-state index in [1.54, 1.807) is 6.26 Å². The number of hydrogen-bond acceptors (Lipinski definition) is 4. The summed E-state index contributed by atoms with van der Waals surface area (Å²) in [6.07, 6.45) is 3.90. The maximum Gasteiger partial charge on any atom is 0.223 e. The van der Waals surface area contributed by atoms with E-state index in [4.69, 9.17) is 9.15 Å². The Labute approximate surface area is 125 Å². The van der Waals surface area contributed by atoms with Crippen LogP contribution >= 0.6 is 0 Å². The third-order valence-corrected chi connectivity index (χ3v) is 4.78. The van der Waals surface area contributed by atoms with E-state index in [1.165, 1.54) is 0 Å². The lowest BCUT2D eigenvalue weighted by Crippen LogP contribution is -2.63. The molecule has 5 nitrogen and oxygen atoms in total. The minimum absolute atomic E-state index is 0.0490. The third-order valence-electron chi connectivity index (χ3n) is 4.78. The maximum atomic E-state index is 12.5. The molecule has 21 heavy (non-hydrogen) atoms. The van der Waals surface area contributed by atoms with Crippen molar-refractivity contribution in [1.82, 2.24) is 9.80 Å². The van der Waals surface area contributed by atoms with Gasteiger partial charge in [0.2, 0.25) is 5.91 Å². The average molecular weight is 292 g/mol. The predicted octanol–water partition coefficient (Wildman–Crippen LogP) is 1.54. The Morgan fingerprint density at radius 3 is 3.00 bits per heavy atom. The highest BCUT2D eigenvalue weighted by Gasteiger charge is 2.44. The third kappa shape index (κ3) is 2.99. The largest absolute Gasteiger partial charge is 0.469 e. The van der Waals surface area contributed by atoms with Gasteiger partial charge in [0.1, 0.15) is 5.76 Å². The summed E-state index contributed by atoms with van der Waals surface area (Å²) in [5.74, 6) is 1.11. The van der Waals surface area contributed by atoms with Crippen molar-refractivity contribution in [2.24, 2.45) is 0 Å². The van der Waals surface area contributed by atoms with Crippen LogP contribution in [0.3, 0.4) is 0 Å². The molecular weight excluding hydrogens is 268 g/mol. The van der Waals surface area contributed by atoms with Gasteiger partial charge in [-0.25, -0.2) is 0 Å². The number of nitrogens with zero attached hydrogens (tertiary/aromatic N) is 2. The first-order valence-corrected chi connectivity index (χ1v) is 7.86. The zero-order chi connectivity index (χ0) is 14.7. The minimum atomic E-state index is 0.0490. The lowest BCUT2D eigenvalue weighted by Gasteiger charge is -2.48. The number of likely N-dealkylation sites (N-methyl/N-ethyl adjacent to an activating group) is 1. The highest BCUT2D eigenvalue weighted by molar-refractivity contribution is 5.76. The number of furan rings is 1. The Morgan fingerprint density at radius 1 is 1.43 bits per heavy atom. The van der Waals surface area contributed by atoms with Gasteiger partial charge >= 0.3 is 0 Å². The van der Waals surface area contributed by atoms with Crippen molar-refractivity contribution in [1.29, 1.82) is 0 Å². The summed E-state index contributed by atoms with van der Waals surface area (Å²) in [7, 11) is 0. The molecule has 0 bridgehead atoms. The molecule has 5 heteroatoms. The fraction of sp³-hybridized carbons (Fsp3) is 0.688. The monoisotopic (exact) mass is 292 g/mol. The first kappa shape index (κ1) is 14.6. The molecule has 116 valence electrons. The van der Waals surface area contributed by atoms with Gasteiger partial charge in [0.05, 0.1) is 18.4 Å². The van der Waals surface area contributed by atoms with Gasteiger partial charge in [0.15, 0.2) is 0 Å². The number of carbonyl (C=O) groups excluding carboxylic acids is 1. The van der Waals surface area contributed by atoms with Crippen LogP contribution in [-0.2, 0) is 16.0 Å². The van der Waals surface area contributed by atoms with Crippen molar-refractivity contribution in [3.8, 4) is 0 Å². The van der Waals surface area contributed by atoms with Crippen molar-refractivity contribution in [2.75, 3.05) is 39.4 Å². The summed E-state index contributed by atoms with van der Waals surface area (Å²) >= 11 is 0. The van der Waals surface area contributed by atoms with E-state index in [-0.39, 0.29) is 11.4 Å². The summed E-state index contributed by atoms with van der Waals surface area (Å²) in [6, 6.07) is 3.79. The van der Waals surface area contributed by atoms with Crippen molar-refractivity contribution >= 4 is 5.91 Å². The van der Waals surface area contributed by atoms with E-state index in [9.17, 15) is 4.79 Å². The van der Waals surface area contributed by atoms with Gasteiger partial charge in [-0.1, -0.05) is 6.92 Å². The Hall–Kier alpha value is -1.33. The van der Waals surface area contributed by atoms with Crippen LogP contribution in [0.4, 0.5) is 0 Å². The standard InChI is InChI=1S/C16H24N2O3/c1-2-18-9-8-17(12-16(18)7-11-20-13-16)15(19)6-5-14-4-3-10-21-14/h3-4,10H,2,5-9,11-13H2,1H3. The van der Waals surface area contributed by atoms with Crippen LogP contribution in [0.2, 0.25) is 0 Å². The predicted molar refractivity (Wildman–Crippen MR) is 79.0 cm³/mol. The van der Waals surface area contributed by atoms with Gasteiger partial charge in [-0.2, -0.15) is 0 Å². The van der Waals surface area contributed by atoms with E-state index >= 15 is 0 Å². The molecule has 2 aliphatic rings. The highest BCUT2D eigenvalue weighted by Crippen LogP contribution is 2.30. The van der Waals surface area contributed by atoms with Crippen LogP contribution in [0.25, 0.3) is 0 Å². The molecule has 3 rings (SSSR count). The molecular formula is C16H24N2O3. The van der Waals surface area contributed by atoms with Crippen molar-refractivity contribution in [3.05, 3.63) is 24.2 Å². The molecule has 1 unspecified atom stereocenters. The fourth-order valence-corrected chi connectivity index (χ4v) is 3.53. The zero-order valence-electron chi connectivity index (χ0n) is 12.7. The Balaban J connectivity index is 1.59. The molecule has 0 saturated carbocycles. The van der Waals surface area contributed by atoms with E-state index < -0.39 is 0 Å². The molecule has 0 radical (unpaired) electrons. The molecule has 2 fully saturated rings. The van der Waals surface area contributed by atoms with Crippen LogP contribution in [0.5, 0.6) is 0 Å². The van der Waals surface area contributed by atoms with Gasteiger partial charge in [-0.05, 0) is 25.1 Å². The molecule has 2 aliphatic heterocycles. The second-order valence-electron chi connectivity index (χ2n) is 6.00. The summed E-state index contributed by atoms with van der Waals surface area (Å²) in [5, 5.41) is 0. The quantitative estimate of drug-likeness (QED) is 0.844. The fourth-order valence-electron chi connectivity index (χ4n) is 3.53. The number of ether oxygens (including phenoxy) is 1. The van der Waals surface area contributed by atoms with E-state index in [0.29, 0.717) is 12.8 Å². The second-order valence-corrected chi connectivity index (χ2v) is 6.00. The lowest BCUT2D eigenvalue weighted by atomic mass is 9.92. The van der Waals surface area contributed by atoms with Gasteiger partial charge in [0, 0.05) is 39.1 Å². The molecule has 1 amide bonds. The SMILES string of the molecule is CCN1CCN(C(=O)CCc2ccco2)CC12CCOC2. The lowest BCUT2D eigenvalue weighted by molar-refractivity contribution is -0.137. The van der Waals surface area contributed by atoms with E-state index in [0.717, 1.165) is 51.6 Å². The van der Waals surface area contributed by atoms with Crippen LogP contribution in [0.1, 0.15) is 25.5 Å². The van der Waals surface area contributed by atoms with Crippen molar-refractivity contribution in [2.45, 2.75) is 31.7 Å². The Bertz CT molecular complexity index is 466. The normalized spacial score (nSPS) is 26.6. The average Bonchev–Trinajstić information content (AvgIpc) is 3.17. The number of aryl methyl sites for hydroxylation is 1. The zero-order valence-corrected chi connectivity index (χ0v) is 12.7. The molecule has 1 aromatic rings. The second kappa shape index (κ2) is 6.20. The molecule has 1 aromatic heterocycles. The first-order chi connectivity index (χ1) is 10.2. The van der Waals surface area contributed by atoms with Gasteiger partial charge < -0.3 is 14.1 Å². The molecule has 0 aliphatic carbocycles. The number of amides is 1. The molecule has 2 saturated heterocycles. The first-order valence-electron chi connectivity index (χ1n) is 7.86. The number of hydrogen-bond donors (Lipinski definition) is 0. The van der Waals surface area contributed by atoms with E-state index in [1.807, 2.05) is 17.0 Å². The van der Waals surface area contributed by atoms with Crippen LogP contribution in [0, 0.1) is 0 Å². The van der Waals surface area contributed by atoms with Crippen LogP contribution in [0.15, 0.2) is 22.8 Å². The molecule has 0 aromatic carbocycles. The van der Waals surface area contributed by atoms with Crippen LogP contribution in [-0.4, -0.2) is 60.6 Å². The smallest absolute Gasteiger partial charge is 0.223 e. The Morgan fingerprint density at radius 2 is 2.33 bits per heavy atom.